The largest absolute Gasteiger partial charge is 0.494 e. The average Bonchev–Trinajstić information content (AvgIpc) is 2.71. The topological polar surface area (TPSA) is 78.0 Å². The fourth-order valence-corrected chi connectivity index (χ4v) is 3.26. The molecule has 29 heavy (non-hydrogen) atoms. The molecule has 3 N–H and O–H groups in total. The minimum Gasteiger partial charge on any atom is -0.494 e. The summed E-state index contributed by atoms with van der Waals surface area (Å²) in [6, 6.07) is 5.48. The molecular formula is C21H34FN5O2. The molecule has 0 aromatic heterocycles. The van der Waals surface area contributed by atoms with Crippen LogP contribution in [-0.2, 0) is 11.3 Å². The third kappa shape index (κ3) is 7.53. The fraction of sp³-hybridized carbons (Fsp3) is 0.619. The van der Waals surface area contributed by atoms with Crippen molar-refractivity contribution in [1.82, 2.24) is 20.9 Å². The standard InChI is InChI=1S/C21H34FN5O2/c1-15(2)20(28)24-9-10-25-21(23-3)26-17-7-11-27(12-8-17)14-16-5-6-19(29-4)18(22)13-16/h5-6,13,15,17H,7-12,14H2,1-4H3,(H,24,28)(H2,23,25,26). The van der Waals surface area contributed by atoms with Gasteiger partial charge >= 0.3 is 0 Å². The van der Waals surface area contributed by atoms with Crippen LogP contribution in [0.3, 0.4) is 0 Å². The summed E-state index contributed by atoms with van der Waals surface area (Å²) in [7, 11) is 3.22. The van der Waals surface area contributed by atoms with Crippen LogP contribution in [0.25, 0.3) is 0 Å². The van der Waals surface area contributed by atoms with Crippen LogP contribution >= 0.6 is 0 Å². The zero-order chi connectivity index (χ0) is 21.2. The van der Waals surface area contributed by atoms with E-state index in [1.165, 1.54) is 7.11 Å². The van der Waals surface area contributed by atoms with Gasteiger partial charge in [0.15, 0.2) is 17.5 Å². The van der Waals surface area contributed by atoms with E-state index in [0.717, 1.165) is 44.0 Å². The number of likely N-dealkylation sites (tertiary alicyclic amines) is 1. The number of rotatable bonds is 8. The van der Waals surface area contributed by atoms with E-state index >= 15 is 0 Å². The van der Waals surface area contributed by atoms with Gasteiger partial charge in [0, 0.05) is 51.7 Å². The Balaban J connectivity index is 1.70. The van der Waals surface area contributed by atoms with E-state index in [0.29, 0.717) is 19.1 Å². The van der Waals surface area contributed by atoms with E-state index in [2.05, 4.69) is 25.8 Å². The summed E-state index contributed by atoms with van der Waals surface area (Å²) < 4.78 is 18.8. The molecule has 1 saturated heterocycles. The summed E-state index contributed by atoms with van der Waals surface area (Å²) in [6.45, 7) is 7.55. The SMILES string of the molecule is CN=C(NCCNC(=O)C(C)C)NC1CCN(Cc2ccc(OC)c(F)c2)CC1. The lowest BCUT2D eigenvalue weighted by Gasteiger charge is -2.33. The summed E-state index contributed by atoms with van der Waals surface area (Å²) >= 11 is 0. The Bertz CT molecular complexity index is 688. The fourth-order valence-electron chi connectivity index (χ4n) is 3.26. The molecule has 1 aliphatic rings. The van der Waals surface area contributed by atoms with Gasteiger partial charge in [-0.2, -0.15) is 0 Å². The van der Waals surface area contributed by atoms with Gasteiger partial charge in [0.1, 0.15) is 0 Å². The van der Waals surface area contributed by atoms with Crippen LogP contribution in [0.4, 0.5) is 4.39 Å². The first kappa shape index (κ1) is 22.9. The van der Waals surface area contributed by atoms with Gasteiger partial charge in [0.2, 0.25) is 5.91 Å². The van der Waals surface area contributed by atoms with Gasteiger partial charge in [-0.1, -0.05) is 19.9 Å². The average molecular weight is 408 g/mol. The molecule has 1 fully saturated rings. The molecule has 1 aliphatic heterocycles. The number of ether oxygens (including phenoxy) is 1. The molecule has 0 saturated carbocycles. The first-order valence-electron chi connectivity index (χ1n) is 10.2. The highest BCUT2D eigenvalue weighted by Gasteiger charge is 2.20. The molecular weight excluding hydrogens is 373 g/mol. The molecule has 1 aromatic rings. The van der Waals surface area contributed by atoms with Gasteiger partial charge in [-0.15, -0.1) is 0 Å². The predicted molar refractivity (Wildman–Crippen MR) is 114 cm³/mol. The second kappa shape index (κ2) is 11.6. The van der Waals surface area contributed by atoms with E-state index in [1.54, 1.807) is 19.2 Å². The third-order valence-corrected chi connectivity index (χ3v) is 5.02. The smallest absolute Gasteiger partial charge is 0.222 e. The van der Waals surface area contributed by atoms with Crippen LogP contribution < -0.4 is 20.7 Å². The van der Waals surface area contributed by atoms with Crippen LogP contribution in [0.2, 0.25) is 0 Å². The van der Waals surface area contributed by atoms with Crippen LogP contribution in [-0.4, -0.2) is 63.1 Å². The molecule has 0 radical (unpaired) electrons. The zero-order valence-electron chi connectivity index (χ0n) is 17.9. The highest BCUT2D eigenvalue weighted by Crippen LogP contribution is 2.20. The van der Waals surface area contributed by atoms with Gasteiger partial charge in [-0.05, 0) is 30.5 Å². The van der Waals surface area contributed by atoms with Gasteiger partial charge in [-0.3, -0.25) is 14.7 Å². The Morgan fingerprint density at radius 2 is 1.97 bits per heavy atom. The second-order valence-electron chi connectivity index (χ2n) is 7.61. The zero-order valence-corrected chi connectivity index (χ0v) is 17.9. The van der Waals surface area contributed by atoms with Crippen molar-refractivity contribution in [2.45, 2.75) is 39.3 Å². The number of aliphatic imine (C=N–C) groups is 1. The maximum Gasteiger partial charge on any atom is 0.222 e. The molecule has 7 nitrogen and oxygen atoms in total. The molecule has 1 amide bonds. The molecule has 2 rings (SSSR count). The summed E-state index contributed by atoms with van der Waals surface area (Å²) in [4.78, 5) is 18.2. The number of hydrogen-bond acceptors (Lipinski definition) is 4. The molecule has 162 valence electrons. The van der Waals surface area contributed by atoms with Crippen molar-refractivity contribution in [1.29, 1.82) is 0 Å². The van der Waals surface area contributed by atoms with Gasteiger partial charge in [0.05, 0.1) is 7.11 Å². The number of halogens is 1. The third-order valence-electron chi connectivity index (χ3n) is 5.02. The Morgan fingerprint density at radius 3 is 2.55 bits per heavy atom. The van der Waals surface area contributed by atoms with Crippen molar-refractivity contribution < 1.29 is 13.9 Å². The normalized spacial score (nSPS) is 16.0. The molecule has 0 aliphatic carbocycles. The van der Waals surface area contributed by atoms with E-state index < -0.39 is 0 Å². The number of nitrogens with one attached hydrogen (secondary N) is 3. The van der Waals surface area contributed by atoms with E-state index in [9.17, 15) is 9.18 Å². The van der Waals surface area contributed by atoms with Gasteiger partial charge in [0.25, 0.3) is 0 Å². The summed E-state index contributed by atoms with van der Waals surface area (Å²) in [6.07, 6.45) is 1.98. The number of carbonyl (C=O) groups excluding carboxylic acids is 1. The van der Waals surface area contributed by atoms with E-state index in [1.807, 2.05) is 19.9 Å². The number of piperidine rings is 1. The van der Waals surface area contributed by atoms with E-state index in [-0.39, 0.29) is 23.4 Å². The first-order valence-corrected chi connectivity index (χ1v) is 10.2. The van der Waals surface area contributed by atoms with Crippen molar-refractivity contribution in [3.05, 3.63) is 29.6 Å². The number of benzene rings is 1. The number of guanidine groups is 1. The van der Waals surface area contributed by atoms with Gasteiger partial charge in [-0.25, -0.2) is 4.39 Å². The monoisotopic (exact) mass is 407 g/mol. The van der Waals surface area contributed by atoms with Crippen molar-refractivity contribution in [2.75, 3.05) is 40.3 Å². The molecule has 0 unspecified atom stereocenters. The van der Waals surface area contributed by atoms with E-state index in [4.69, 9.17) is 4.74 Å². The molecule has 1 heterocycles. The number of hydrogen-bond donors (Lipinski definition) is 3. The second-order valence-corrected chi connectivity index (χ2v) is 7.61. The van der Waals surface area contributed by atoms with Crippen molar-refractivity contribution in [3.8, 4) is 5.75 Å². The molecule has 0 bridgehead atoms. The number of amides is 1. The lowest BCUT2D eigenvalue weighted by Crippen LogP contribution is -2.49. The highest BCUT2D eigenvalue weighted by molar-refractivity contribution is 5.80. The summed E-state index contributed by atoms with van der Waals surface area (Å²) in [5.74, 6) is 0.755. The lowest BCUT2D eigenvalue weighted by molar-refractivity contribution is -0.123. The summed E-state index contributed by atoms with van der Waals surface area (Å²) in [5.41, 5.74) is 0.954. The molecule has 8 heteroatoms. The van der Waals surface area contributed by atoms with Gasteiger partial charge < -0.3 is 20.7 Å². The van der Waals surface area contributed by atoms with Crippen LogP contribution in [0.1, 0.15) is 32.3 Å². The van der Waals surface area contributed by atoms with Crippen LogP contribution in [0.5, 0.6) is 5.75 Å². The maximum absolute atomic E-state index is 13.9. The van der Waals surface area contributed by atoms with Crippen LogP contribution in [0, 0.1) is 11.7 Å². The van der Waals surface area contributed by atoms with Crippen molar-refractivity contribution in [2.24, 2.45) is 10.9 Å². The number of methoxy groups -OCH3 is 1. The minimum atomic E-state index is -0.319. The van der Waals surface area contributed by atoms with Crippen molar-refractivity contribution >= 4 is 11.9 Å². The Labute approximate surface area is 173 Å². The maximum atomic E-state index is 13.9. The lowest BCUT2D eigenvalue weighted by atomic mass is 10.0. The quantitative estimate of drug-likeness (QED) is 0.348. The summed E-state index contributed by atoms with van der Waals surface area (Å²) in [5, 5.41) is 9.56. The Morgan fingerprint density at radius 1 is 1.28 bits per heavy atom. The number of nitrogens with zero attached hydrogens (tertiary/aromatic N) is 2. The Kier molecular flexibility index (Phi) is 9.18. The highest BCUT2D eigenvalue weighted by atomic mass is 19.1. The minimum absolute atomic E-state index is 0.00738. The molecule has 0 atom stereocenters. The molecule has 0 spiro atoms. The Hall–Kier alpha value is -2.35. The predicted octanol–water partition coefficient (Wildman–Crippen LogP) is 1.74. The van der Waals surface area contributed by atoms with Crippen LogP contribution in [0.15, 0.2) is 23.2 Å². The molecule has 1 aromatic carbocycles. The number of carbonyl (C=O) groups is 1. The first-order chi connectivity index (χ1) is 13.9. The van der Waals surface area contributed by atoms with Crippen molar-refractivity contribution in [3.63, 3.8) is 0 Å².